The van der Waals surface area contributed by atoms with Crippen molar-refractivity contribution in [2.45, 2.75) is 32.0 Å². The predicted octanol–water partition coefficient (Wildman–Crippen LogP) is 2.98. The summed E-state index contributed by atoms with van der Waals surface area (Å²) in [5.41, 5.74) is 1.21. The smallest absolute Gasteiger partial charge is 0.138 e. The first-order chi connectivity index (χ1) is 9.83. The number of ether oxygens (including phenoxy) is 1. The van der Waals surface area contributed by atoms with E-state index in [1.54, 1.807) is 12.5 Å². The van der Waals surface area contributed by atoms with Gasteiger partial charge in [0.1, 0.15) is 12.4 Å². The summed E-state index contributed by atoms with van der Waals surface area (Å²) in [5, 5.41) is 3.53. The zero-order valence-corrected chi connectivity index (χ0v) is 12.8. The predicted molar refractivity (Wildman–Crippen MR) is 81.7 cm³/mol. The summed E-state index contributed by atoms with van der Waals surface area (Å²) in [6, 6.07) is 6.89. The summed E-state index contributed by atoms with van der Waals surface area (Å²) in [6.07, 6.45) is 8.12. The highest BCUT2D eigenvalue weighted by atomic mass is 79.9. The Hall–Kier alpha value is -1.33. The topological polar surface area (TPSA) is 39.1 Å². The molecule has 1 aliphatic rings. The number of nitrogens with one attached hydrogen (secondary N) is 1. The Bertz CT molecular complexity index is 552. The number of benzene rings is 1. The van der Waals surface area contributed by atoms with Crippen LogP contribution in [0.2, 0.25) is 0 Å². The van der Waals surface area contributed by atoms with Crippen LogP contribution in [0.5, 0.6) is 5.75 Å². The number of rotatable bonds is 7. The fourth-order valence-electron chi connectivity index (χ4n) is 2.07. The number of halogens is 1. The Morgan fingerprint density at radius 1 is 1.40 bits per heavy atom. The van der Waals surface area contributed by atoms with Gasteiger partial charge in [-0.2, -0.15) is 0 Å². The maximum atomic E-state index is 5.96. The van der Waals surface area contributed by atoms with Crippen molar-refractivity contribution in [3.63, 3.8) is 0 Å². The van der Waals surface area contributed by atoms with Crippen molar-refractivity contribution >= 4 is 15.9 Å². The van der Waals surface area contributed by atoms with E-state index >= 15 is 0 Å². The van der Waals surface area contributed by atoms with Gasteiger partial charge in [0, 0.05) is 30.5 Å². The van der Waals surface area contributed by atoms with E-state index in [0.29, 0.717) is 12.6 Å². The van der Waals surface area contributed by atoms with Crippen molar-refractivity contribution in [2.24, 2.45) is 0 Å². The summed E-state index contributed by atoms with van der Waals surface area (Å²) in [7, 11) is 0. The third kappa shape index (κ3) is 3.61. The summed E-state index contributed by atoms with van der Waals surface area (Å²) in [6.45, 7) is 2.30. The highest BCUT2D eigenvalue weighted by Gasteiger charge is 2.20. The molecular weight excluding hydrogens is 318 g/mol. The first-order valence-electron chi connectivity index (χ1n) is 6.92. The molecule has 0 amide bonds. The Balaban J connectivity index is 1.60. The average molecular weight is 336 g/mol. The van der Waals surface area contributed by atoms with Crippen LogP contribution >= 0.6 is 15.9 Å². The Morgan fingerprint density at radius 2 is 2.30 bits per heavy atom. The zero-order chi connectivity index (χ0) is 13.8. The molecule has 1 saturated carbocycles. The largest absolute Gasteiger partial charge is 0.490 e. The van der Waals surface area contributed by atoms with E-state index in [4.69, 9.17) is 4.74 Å². The second-order valence-electron chi connectivity index (χ2n) is 5.03. The molecular formula is C15H18BrN3O. The van der Waals surface area contributed by atoms with Crippen molar-refractivity contribution in [3.05, 3.63) is 47.0 Å². The molecule has 0 spiro atoms. The summed E-state index contributed by atoms with van der Waals surface area (Å²) in [4.78, 5) is 4.03. The maximum Gasteiger partial charge on any atom is 0.138 e. The van der Waals surface area contributed by atoms with E-state index in [-0.39, 0.29) is 0 Å². The van der Waals surface area contributed by atoms with Gasteiger partial charge >= 0.3 is 0 Å². The van der Waals surface area contributed by atoms with Gasteiger partial charge in [-0.25, -0.2) is 4.98 Å². The van der Waals surface area contributed by atoms with Gasteiger partial charge in [-0.05, 0) is 34.8 Å². The second kappa shape index (κ2) is 6.41. The molecule has 0 saturated heterocycles. The van der Waals surface area contributed by atoms with Crippen molar-refractivity contribution < 1.29 is 4.74 Å². The van der Waals surface area contributed by atoms with Crippen molar-refractivity contribution in [1.82, 2.24) is 14.9 Å². The monoisotopic (exact) mass is 335 g/mol. The van der Waals surface area contributed by atoms with Gasteiger partial charge in [0.15, 0.2) is 0 Å². The standard InChI is InChI=1S/C15H18BrN3O/c16-14-3-1-2-12(10-18-13-4-5-13)15(14)20-9-8-19-7-6-17-11-19/h1-3,6-7,11,13,18H,4-5,8-10H2. The maximum absolute atomic E-state index is 5.96. The number of imidazole rings is 1. The van der Waals surface area contributed by atoms with E-state index in [9.17, 15) is 0 Å². The van der Waals surface area contributed by atoms with Crippen molar-refractivity contribution in [3.8, 4) is 5.75 Å². The fraction of sp³-hybridized carbons (Fsp3) is 0.400. The summed E-state index contributed by atoms with van der Waals surface area (Å²) >= 11 is 3.58. The molecule has 1 heterocycles. The van der Waals surface area contributed by atoms with Crippen LogP contribution < -0.4 is 10.1 Å². The van der Waals surface area contributed by atoms with Crippen molar-refractivity contribution in [1.29, 1.82) is 0 Å². The van der Waals surface area contributed by atoms with Gasteiger partial charge in [0.25, 0.3) is 0 Å². The minimum atomic E-state index is 0.634. The second-order valence-corrected chi connectivity index (χ2v) is 5.89. The van der Waals surface area contributed by atoms with Crippen LogP contribution in [-0.2, 0) is 13.1 Å². The first-order valence-corrected chi connectivity index (χ1v) is 7.71. The van der Waals surface area contributed by atoms with E-state index in [2.05, 4.69) is 38.4 Å². The fourth-order valence-corrected chi connectivity index (χ4v) is 2.59. The molecule has 2 aromatic rings. The molecule has 106 valence electrons. The average Bonchev–Trinajstić information content (AvgIpc) is 3.14. The van der Waals surface area contributed by atoms with Gasteiger partial charge < -0.3 is 14.6 Å². The minimum Gasteiger partial charge on any atom is -0.490 e. The molecule has 1 aromatic carbocycles. The molecule has 5 heteroatoms. The quantitative estimate of drug-likeness (QED) is 0.845. The van der Waals surface area contributed by atoms with E-state index in [1.165, 1.54) is 18.4 Å². The molecule has 1 aromatic heterocycles. The van der Waals surface area contributed by atoms with Crippen LogP contribution in [0.4, 0.5) is 0 Å². The summed E-state index contributed by atoms with van der Waals surface area (Å²) in [5.74, 6) is 0.945. The van der Waals surface area contributed by atoms with Crippen LogP contribution in [0.3, 0.4) is 0 Å². The lowest BCUT2D eigenvalue weighted by atomic mass is 10.2. The SMILES string of the molecule is Brc1cccc(CNC2CC2)c1OCCn1ccnc1. The van der Waals surface area contributed by atoms with Crippen LogP contribution in [0.1, 0.15) is 18.4 Å². The molecule has 1 N–H and O–H groups in total. The van der Waals surface area contributed by atoms with Crippen LogP contribution in [-0.4, -0.2) is 22.2 Å². The van der Waals surface area contributed by atoms with Crippen LogP contribution in [0.25, 0.3) is 0 Å². The van der Waals surface area contributed by atoms with Gasteiger partial charge in [0.2, 0.25) is 0 Å². The molecule has 0 aliphatic heterocycles. The lowest BCUT2D eigenvalue weighted by Crippen LogP contribution is -2.16. The summed E-state index contributed by atoms with van der Waals surface area (Å²) < 4.78 is 8.98. The molecule has 0 atom stereocenters. The molecule has 0 radical (unpaired) electrons. The molecule has 0 bridgehead atoms. The molecule has 1 aliphatic carbocycles. The highest BCUT2D eigenvalue weighted by molar-refractivity contribution is 9.10. The van der Waals surface area contributed by atoms with Gasteiger partial charge in [0.05, 0.1) is 17.3 Å². The third-order valence-corrected chi connectivity index (χ3v) is 3.99. The Kier molecular flexibility index (Phi) is 4.38. The van der Waals surface area contributed by atoms with E-state index in [0.717, 1.165) is 23.3 Å². The van der Waals surface area contributed by atoms with Crippen LogP contribution in [0, 0.1) is 0 Å². The third-order valence-electron chi connectivity index (χ3n) is 3.36. The lowest BCUT2D eigenvalue weighted by molar-refractivity contribution is 0.293. The van der Waals surface area contributed by atoms with E-state index < -0.39 is 0 Å². The molecule has 1 fully saturated rings. The van der Waals surface area contributed by atoms with Gasteiger partial charge in [-0.1, -0.05) is 12.1 Å². The van der Waals surface area contributed by atoms with Crippen LogP contribution in [0.15, 0.2) is 41.4 Å². The first kappa shape index (κ1) is 13.6. The molecule has 4 nitrogen and oxygen atoms in total. The highest BCUT2D eigenvalue weighted by Crippen LogP contribution is 2.30. The number of para-hydroxylation sites is 1. The number of nitrogens with zero attached hydrogens (tertiary/aromatic N) is 2. The Morgan fingerprint density at radius 3 is 3.05 bits per heavy atom. The van der Waals surface area contributed by atoms with Crippen molar-refractivity contribution in [2.75, 3.05) is 6.61 Å². The normalized spacial score (nSPS) is 14.4. The molecule has 0 unspecified atom stereocenters. The minimum absolute atomic E-state index is 0.634. The number of hydrogen-bond acceptors (Lipinski definition) is 3. The number of aromatic nitrogens is 2. The Labute approximate surface area is 127 Å². The molecule has 3 rings (SSSR count). The number of hydrogen-bond donors (Lipinski definition) is 1. The lowest BCUT2D eigenvalue weighted by Gasteiger charge is -2.14. The zero-order valence-electron chi connectivity index (χ0n) is 11.3. The van der Waals surface area contributed by atoms with E-state index in [1.807, 2.05) is 16.8 Å². The van der Waals surface area contributed by atoms with Gasteiger partial charge in [-0.15, -0.1) is 0 Å². The molecule has 20 heavy (non-hydrogen) atoms. The van der Waals surface area contributed by atoms with Gasteiger partial charge in [-0.3, -0.25) is 0 Å².